The molecule has 12 heteroatoms. The highest BCUT2D eigenvalue weighted by atomic mass is 35.5. The van der Waals surface area contributed by atoms with Crippen LogP contribution in [0.15, 0.2) is 28.7 Å². The molecule has 1 aromatic carbocycles. The van der Waals surface area contributed by atoms with E-state index in [1.54, 1.807) is 4.57 Å². The van der Waals surface area contributed by atoms with Crippen molar-refractivity contribution in [2.75, 3.05) is 37.7 Å². The predicted molar refractivity (Wildman–Crippen MR) is 146 cm³/mol. The SMILES string of the molecule is CCOC(=O)C(C(=O)OCC)C(=O)c1cn(C2CC2)c2c(Cl)c(N3CC4=CCCNC4C3)c(F)cc2c1=O.Cl. The number of ketones is 1. The number of hydrogen-bond acceptors (Lipinski definition) is 8. The number of esters is 2. The maximum absolute atomic E-state index is 15.6. The highest BCUT2D eigenvalue weighted by Gasteiger charge is 2.40. The first-order chi connectivity index (χ1) is 18.3. The zero-order chi connectivity index (χ0) is 27.1. The van der Waals surface area contributed by atoms with E-state index in [0.717, 1.165) is 31.9 Å². The molecule has 39 heavy (non-hydrogen) atoms. The summed E-state index contributed by atoms with van der Waals surface area (Å²) in [4.78, 5) is 54.0. The Balaban J connectivity index is 0.00000353. The van der Waals surface area contributed by atoms with Crippen LogP contribution in [0.1, 0.15) is 49.5 Å². The third-order valence-electron chi connectivity index (χ3n) is 7.18. The van der Waals surface area contributed by atoms with Crippen molar-refractivity contribution < 1.29 is 28.2 Å². The molecule has 0 radical (unpaired) electrons. The van der Waals surface area contributed by atoms with Crippen LogP contribution in [0.4, 0.5) is 10.1 Å². The maximum atomic E-state index is 15.6. The number of rotatable bonds is 8. The number of halogens is 3. The summed E-state index contributed by atoms with van der Waals surface area (Å²) >= 11 is 6.84. The van der Waals surface area contributed by atoms with Gasteiger partial charge < -0.3 is 24.3 Å². The van der Waals surface area contributed by atoms with Crippen LogP contribution in [0, 0.1) is 11.7 Å². The Morgan fingerprint density at radius 1 is 1.18 bits per heavy atom. The van der Waals surface area contributed by atoms with Crippen LogP contribution in [0.3, 0.4) is 0 Å². The fourth-order valence-electron chi connectivity index (χ4n) is 5.28. The van der Waals surface area contributed by atoms with Crippen molar-refractivity contribution in [1.29, 1.82) is 0 Å². The molecule has 9 nitrogen and oxygen atoms in total. The molecule has 1 N–H and O–H groups in total. The first-order valence-corrected chi connectivity index (χ1v) is 13.3. The molecule has 3 aliphatic rings. The molecular weight excluding hydrogens is 552 g/mol. The zero-order valence-corrected chi connectivity index (χ0v) is 23.2. The average Bonchev–Trinajstić information content (AvgIpc) is 3.63. The summed E-state index contributed by atoms with van der Waals surface area (Å²) in [5.74, 6) is -5.90. The molecule has 3 heterocycles. The lowest BCUT2D eigenvalue weighted by Crippen LogP contribution is -2.37. The molecule has 1 aliphatic carbocycles. The van der Waals surface area contributed by atoms with E-state index in [-0.39, 0.29) is 53.8 Å². The second-order valence-corrected chi connectivity index (χ2v) is 10.1. The summed E-state index contributed by atoms with van der Waals surface area (Å²) in [6.45, 7) is 4.84. The largest absolute Gasteiger partial charge is 0.465 e. The standard InChI is InChI=1S/C27H29ClFN3O6.ClH/c1-3-37-26(35)20(27(36)38-4-2)25(34)17-12-32(15-7-8-15)22-16(24(17)33)10-18(29)23(21(22)28)31-11-14-6-5-9-30-19(14)13-31;/h6,10,12,15,19-20,30H,3-5,7-9,11,13H2,1-2H3;1H. The lowest BCUT2D eigenvalue weighted by Gasteiger charge is -2.23. The number of Topliss-reactive ketones (excluding diaryl/α,β-unsaturated/α-hetero) is 1. The number of carbonyl (C=O) groups excluding carboxylic acids is 3. The fourth-order valence-corrected chi connectivity index (χ4v) is 5.68. The third kappa shape index (κ3) is 5.29. The van der Waals surface area contributed by atoms with E-state index in [2.05, 4.69) is 11.4 Å². The van der Waals surface area contributed by atoms with Gasteiger partial charge in [-0.2, -0.15) is 0 Å². The van der Waals surface area contributed by atoms with Crippen LogP contribution >= 0.6 is 24.0 Å². The van der Waals surface area contributed by atoms with Gasteiger partial charge in [0.15, 0.2) is 11.2 Å². The minimum Gasteiger partial charge on any atom is -0.465 e. The monoisotopic (exact) mass is 581 g/mol. The number of hydrogen-bond donors (Lipinski definition) is 1. The molecule has 2 fully saturated rings. The normalized spacial score (nSPS) is 18.4. The second-order valence-electron chi connectivity index (χ2n) is 9.68. The van der Waals surface area contributed by atoms with Crippen LogP contribution < -0.4 is 15.6 Å². The van der Waals surface area contributed by atoms with Gasteiger partial charge in [0.05, 0.1) is 40.4 Å². The molecule has 1 unspecified atom stereocenters. The molecule has 2 aliphatic heterocycles. The number of benzene rings is 1. The van der Waals surface area contributed by atoms with Crippen molar-refractivity contribution in [1.82, 2.24) is 9.88 Å². The lowest BCUT2D eigenvalue weighted by atomic mass is 9.96. The van der Waals surface area contributed by atoms with E-state index in [4.69, 9.17) is 21.1 Å². The molecule has 1 aromatic heterocycles. The van der Waals surface area contributed by atoms with Crippen LogP contribution in [0.25, 0.3) is 10.9 Å². The van der Waals surface area contributed by atoms with Crippen LogP contribution in [0.5, 0.6) is 0 Å². The van der Waals surface area contributed by atoms with Gasteiger partial charge in [0, 0.05) is 31.4 Å². The lowest BCUT2D eigenvalue weighted by molar-refractivity contribution is -0.158. The zero-order valence-electron chi connectivity index (χ0n) is 21.6. The van der Waals surface area contributed by atoms with Crippen LogP contribution in [-0.2, 0) is 19.1 Å². The summed E-state index contributed by atoms with van der Waals surface area (Å²) in [5.41, 5.74) is 0.483. The van der Waals surface area contributed by atoms with Gasteiger partial charge in [-0.1, -0.05) is 17.7 Å². The predicted octanol–water partition coefficient (Wildman–Crippen LogP) is 3.58. The highest BCUT2D eigenvalue weighted by molar-refractivity contribution is 6.38. The number of carbonyl (C=O) groups is 3. The number of nitrogens with one attached hydrogen (secondary N) is 1. The smallest absolute Gasteiger partial charge is 0.328 e. The first kappa shape index (κ1) is 29.0. The van der Waals surface area contributed by atoms with Gasteiger partial charge in [0.2, 0.25) is 5.92 Å². The van der Waals surface area contributed by atoms with Crippen molar-refractivity contribution in [2.45, 2.75) is 45.2 Å². The van der Waals surface area contributed by atoms with Gasteiger partial charge in [-0.05, 0) is 51.3 Å². The highest BCUT2D eigenvalue weighted by Crippen LogP contribution is 2.43. The van der Waals surface area contributed by atoms with Crippen molar-refractivity contribution in [3.05, 3.63) is 50.5 Å². The minimum atomic E-state index is -1.96. The number of fused-ring (bicyclic) bond motifs is 2. The van der Waals surface area contributed by atoms with E-state index >= 15 is 4.39 Å². The van der Waals surface area contributed by atoms with E-state index in [0.29, 0.717) is 18.6 Å². The van der Waals surface area contributed by atoms with E-state index in [1.807, 2.05) is 4.90 Å². The Labute approximate surface area is 235 Å². The third-order valence-corrected chi connectivity index (χ3v) is 7.54. The van der Waals surface area contributed by atoms with Gasteiger partial charge in [-0.15, -0.1) is 12.4 Å². The molecule has 5 rings (SSSR count). The molecule has 1 atom stereocenters. The summed E-state index contributed by atoms with van der Waals surface area (Å²) in [6.07, 6.45) is 5.95. The number of ether oxygens (including phenoxy) is 2. The number of aromatic nitrogens is 1. The number of pyridine rings is 1. The van der Waals surface area contributed by atoms with Gasteiger partial charge in [-0.3, -0.25) is 19.2 Å². The van der Waals surface area contributed by atoms with Crippen LogP contribution in [0.2, 0.25) is 5.02 Å². The Bertz CT molecular complexity index is 1400. The molecule has 1 saturated carbocycles. The Kier molecular flexibility index (Phi) is 8.68. The van der Waals surface area contributed by atoms with Gasteiger partial charge in [-0.25, -0.2) is 4.39 Å². The Morgan fingerprint density at radius 3 is 2.44 bits per heavy atom. The van der Waals surface area contributed by atoms with E-state index < -0.39 is 40.4 Å². The number of anilines is 1. The maximum Gasteiger partial charge on any atom is 0.328 e. The van der Waals surface area contributed by atoms with Crippen molar-refractivity contribution in [2.24, 2.45) is 5.92 Å². The van der Waals surface area contributed by atoms with E-state index in [1.165, 1.54) is 25.6 Å². The molecule has 0 spiro atoms. The average molecular weight is 582 g/mol. The summed E-state index contributed by atoms with van der Waals surface area (Å²) in [5, 5.41) is 3.43. The summed E-state index contributed by atoms with van der Waals surface area (Å²) in [6, 6.07) is 1.15. The van der Waals surface area contributed by atoms with Crippen LogP contribution in [-0.4, -0.2) is 61.2 Å². The van der Waals surface area contributed by atoms with Gasteiger partial charge in [0.1, 0.15) is 5.82 Å². The van der Waals surface area contributed by atoms with Crippen molar-refractivity contribution in [3.8, 4) is 0 Å². The fraction of sp³-hybridized carbons (Fsp3) is 0.481. The molecule has 210 valence electrons. The Morgan fingerprint density at radius 2 is 1.85 bits per heavy atom. The first-order valence-electron chi connectivity index (χ1n) is 12.9. The Hall–Kier alpha value is -2.95. The van der Waals surface area contributed by atoms with Crippen molar-refractivity contribution in [3.63, 3.8) is 0 Å². The molecule has 0 bridgehead atoms. The molecular formula is C27H30Cl2FN3O6. The molecule has 1 saturated heterocycles. The minimum absolute atomic E-state index is 0. The van der Waals surface area contributed by atoms with Crippen molar-refractivity contribution >= 4 is 58.3 Å². The topological polar surface area (TPSA) is 107 Å². The molecule has 2 aromatic rings. The quantitative estimate of drug-likeness (QED) is 0.218. The second kappa shape index (κ2) is 11.7. The van der Waals surface area contributed by atoms with Gasteiger partial charge >= 0.3 is 11.9 Å². The van der Waals surface area contributed by atoms with E-state index in [9.17, 15) is 19.2 Å². The summed E-state index contributed by atoms with van der Waals surface area (Å²) in [7, 11) is 0. The summed E-state index contributed by atoms with van der Waals surface area (Å²) < 4.78 is 27.2. The van der Waals surface area contributed by atoms with Gasteiger partial charge in [0.25, 0.3) is 0 Å². The number of nitrogens with zero attached hydrogens (tertiary/aromatic N) is 2. The molecule has 0 amide bonds.